The summed E-state index contributed by atoms with van der Waals surface area (Å²) in [6.45, 7) is 0.943. The van der Waals surface area contributed by atoms with Crippen LogP contribution in [0.25, 0.3) is 0 Å². The van der Waals surface area contributed by atoms with Crippen LogP contribution in [-0.4, -0.2) is 11.5 Å². The summed E-state index contributed by atoms with van der Waals surface area (Å²) < 4.78 is 0.906. The van der Waals surface area contributed by atoms with E-state index in [1.165, 1.54) is 12.8 Å². The molecule has 0 spiro atoms. The predicted octanol–water partition coefficient (Wildman–Crippen LogP) is 4.27. The number of nitrogens with zero attached hydrogens (tertiary/aromatic N) is 1. The van der Waals surface area contributed by atoms with Crippen molar-refractivity contribution in [1.82, 2.24) is 4.98 Å². The zero-order valence-electron chi connectivity index (χ0n) is 8.92. The van der Waals surface area contributed by atoms with Crippen LogP contribution < -0.4 is 5.32 Å². The van der Waals surface area contributed by atoms with Crippen molar-refractivity contribution in [3.63, 3.8) is 0 Å². The van der Waals surface area contributed by atoms with Gasteiger partial charge in [0.1, 0.15) is 5.82 Å². The number of nitrogens with one attached hydrogen (secondary N) is 1. The third-order valence-corrected chi connectivity index (χ3v) is 3.47. The van der Waals surface area contributed by atoms with Crippen molar-refractivity contribution in [1.29, 1.82) is 0 Å². The zero-order chi connectivity index (χ0) is 11.4. The zero-order valence-corrected chi connectivity index (χ0v) is 11.3. The standard InChI is InChI=1S/C12H14BrClN2/c13-10-6-11(14)12(16-8-10)15-7-9-4-2-1-3-5-9/h1-2,6,8-9H,3-5,7H2,(H,15,16). The molecule has 2 nitrogen and oxygen atoms in total. The van der Waals surface area contributed by atoms with Crippen molar-refractivity contribution < 1.29 is 0 Å². The van der Waals surface area contributed by atoms with E-state index in [-0.39, 0.29) is 0 Å². The highest BCUT2D eigenvalue weighted by Crippen LogP contribution is 2.24. The fourth-order valence-electron chi connectivity index (χ4n) is 1.83. The summed E-state index contributed by atoms with van der Waals surface area (Å²) in [6, 6.07) is 1.86. The number of allylic oxidation sites excluding steroid dienone is 2. The van der Waals surface area contributed by atoms with Gasteiger partial charge in [-0.3, -0.25) is 0 Å². The maximum absolute atomic E-state index is 6.08. The molecule has 1 unspecified atom stereocenters. The molecule has 0 radical (unpaired) electrons. The van der Waals surface area contributed by atoms with Crippen molar-refractivity contribution in [2.45, 2.75) is 19.3 Å². The molecule has 0 aromatic carbocycles. The first kappa shape index (κ1) is 11.9. The Morgan fingerprint density at radius 2 is 2.38 bits per heavy atom. The van der Waals surface area contributed by atoms with E-state index in [0.717, 1.165) is 23.3 Å². The van der Waals surface area contributed by atoms with Gasteiger partial charge in [-0.2, -0.15) is 0 Å². The maximum Gasteiger partial charge on any atom is 0.144 e. The smallest absolute Gasteiger partial charge is 0.144 e. The van der Waals surface area contributed by atoms with Gasteiger partial charge in [0.15, 0.2) is 0 Å². The Morgan fingerprint density at radius 3 is 3.06 bits per heavy atom. The molecule has 0 saturated heterocycles. The van der Waals surface area contributed by atoms with Gasteiger partial charge in [-0.1, -0.05) is 23.8 Å². The van der Waals surface area contributed by atoms with Crippen molar-refractivity contribution in [3.8, 4) is 0 Å². The van der Waals surface area contributed by atoms with E-state index >= 15 is 0 Å². The molecule has 0 aliphatic heterocycles. The Bertz CT molecular complexity index is 393. The second kappa shape index (κ2) is 5.69. The van der Waals surface area contributed by atoms with Gasteiger partial charge in [0.25, 0.3) is 0 Å². The molecule has 1 N–H and O–H groups in total. The molecule has 86 valence electrons. The molecule has 1 aromatic heterocycles. The molecule has 16 heavy (non-hydrogen) atoms. The Hall–Kier alpha value is -0.540. The average molecular weight is 302 g/mol. The molecule has 4 heteroatoms. The Labute approximate surface area is 109 Å². The fraction of sp³-hybridized carbons (Fsp3) is 0.417. The van der Waals surface area contributed by atoms with Gasteiger partial charge >= 0.3 is 0 Å². The number of pyridine rings is 1. The van der Waals surface area contributed by atoms with Crippen LogP contribution in [0.1, 0.15) is 19.3 Å². The predicted molar refractivity (Wildman–Crippen MR) is 71.9 cm³/mol. The summed E-state index contributed by atoms with van der Waals surface area (Å²) in [7, 11) is 0. The molecule has 2 rings (SSSR count). The number of rotatable bonds is 3. The Morgan fingerprint density at radius 1 is 1.50 bits per heavy atom. The van der Waals surface area contributed by atoms with Gasteiger partial charge in [-0.15, -0.1) is 0 Å². The third kappa shape index (κ3) is 3.22. The molecule has 1 atom stereocenters. The summed E-state index contributed by atoms with van der Waals surface area (Å²) in [5.41, 5.74) is 0. The van der Waals surface area contributed by atoms with Crippen molar-refractivity contribution in [2.75, 3.05) is 11.9 Å². The van der Waals surface area contributed by atoms with Crippen LogP contribution in [0, 0.1) is 5.92 Å². The molecule has 1 aliphatic carbocycles. The van der Waals surface area contributed by atoms with E-state index in [4.69, 9.17) is 11.6 Å². The number of halogens is 2. The van der Waals surface area contributed by atoms with Crippen LogP contribution in [0.2, 0.25) is 5.02 Å². The van der Waals surface area contributed by atoms with Gasteiger partial charge in [0.2, 0.25) is 0 Å². The molecule has 0 fully saturated rings. The molecule has 0 bridgehead atoms. The highest BCUT2D eigenvalue weighted by Gasteiger charge is 2.10. The second-order valence-corrected chi connectivity index (χ2v) is 5.34. The number of anilines is 1. The lowest BCUT2D eigenvalue weighted by Gasteiger charge is -2.18. The normalized spacial score (nSPS) is 19.8. The first-order valence-corrected chi connectivity index (χ1v) is 6.62. The molecule has 0 saturated carbocycles. The van der Waals surface area contributed by atoms with E-state index < -0.39 is 0 Å². The summed E-state index contributed by atoms with van der Waals surface area (Å²) in [5.74, 6) is 1.48. The highest BCUT2D eigenvalue weighted by molar-refractivity contribution is 9.10. The Kier molecular flexibility index (Phi) is 4.24. The lowest BCUT2D eigenvalue weighted by molar-refractivity contribution is 0.503. The van der Waals surface area contributed by atoms with Crippen LogP contribution in [0.5, 0.6) is 0 Å². The summed E-state index contributed by atoms with van der Waals surface area (Å²) in [4.78, 5) is 4.25. The van der Waals surface area contributed by atoms with Crippen molar-refractivity contribution in [2.24, 2.45) is 5.92 Å². The first-order valence-electron chi connectivity index (χ1n) is 5.45. The quantitative estimate of drug-likeness (QED) is 0.844. The lowest BCUT2D eigenvalue weighted by Crippen LogP contribution is -2.16. The SMILES string of the molecule is Clc1cc(Br)cnc1NCC1CC=CCC1. The fourth-order valence-corrected chi connectivity index (χ4v) is 2.52. The third-order valence-electron chi connectivity index (χ3n) is 2.74. The van der Waals surface area contributed by atoms with Crippen molar-refractivity contribution in [3.05, 3.63) is 33.9 Å². The minimum Gasteiger partial charge on any atom is -0.369 e. The molecular weight excluding hydrogens is 288 g/mol. The van der Waals surface area contributed by atoms with Crippen LogP contribution in [0.3, 0.4) is 0 Å². The van der Waals surface area contributed by atoms with Gasteiger partial charge in [-0.05, 0) is 47.2 Å². The summed E-state index contributed by atoms with van der Waals surface area (Å²) in [5, 5.41) is 3.98. The summed E-state index contributed by atoms with van der Waals surface area (Å²) in [6.07, 6.45) is 9.86. The van der Waals surface area contributed by atoms with Gasteiger partial charge in [0.05, 0.1) is 5.02 Å². The number of hydrogen-bond acceptors (Lipinski definition) is 2. The van der Waals surface area contributed by atoms with E-state index in [2.05, 4.69) is 38.4 Å². The summed E-state index contributed by atoms with van der Waals surface area (Å²) >= 11 is 9.42. The monoisotopic (exact) mass is 300 g/mol. The topological polar surface area (TPSA) is 24.9 Å². The van der Waals surface area contributed by atoms with Gasteiger partial charge in [-0.25, -0.2) is 4.98 Å². The molecular formula is C12H14BrClN2. The second-order valence-electron chi connectivity index (χ2n) is 4.02. The first-order chi connectivity index (χ1) is 7.75. The molecule has 1 aromatic rings. The van der Waals surface area contributed by atoms with Crippen LogP contribution in [-0.2, 0) is 0 Å². The minimum absolute atomic E-state index is 0.667. The van der Waals surface area contributed by atoms with E-state index in [9.17, 15) is 0 Å². The minimum atomic E-state index is 0.667. The highest BCUT2D eigenvalue weighted by atomic mass is 79.9. The van der Waals surface area contributed by atoms with Crippen molar-refractivity contribution >= 4 is 33.3 Å². The van der Waals surface area contributed by atoms with Crippen LogP contribution in [0.4, 0.5) is 5.82 Å². The molecule has 0 amide bonds. The largest absolute Gasteiger partial charge is 0.369 e. The van der Waals surface area contributed by atoms with E-state index in [0.29, 0.717) is 10.9 Å². The van der Waals surface area contributed by atoms with E-state index in [1.807, 2.05) is 6.07 Å². The van der Waals surface area contributed by atoms with Crippen LogP contribution in [0.15, 0.2) is 28.9 Å². The van der Waals surface area contributed by atoms with Gasteiger partial charge < -0.3 is 5.32 Å². The number of hydrogen-bond donors (Lipinski definition) is 1. The lowest BCUT2D eigenvalue weighted by atomic mass is 9.94. The van der Waals surface area contributed by atoms with Crippen LogP contribution >= 0.6 is 27.5 Å². The Balaban J connectivity index is 1.91. The van der Waals surface area contributed by atoms with Gasteiger partial charge in [0, 0.05) is 17.2 Å². The molecule has 1 heterocycles. The maximum atomic E-state index is 6.08. The molecule has 1 aliphatic rings. The average Bonchev–Trinajstić information content (AvgIpc) is 2.29. The van der Waals surface area contributed by atoms with E-state index in [1.54, 1.807) is 6.20 Å². The number of aromatic nitrogens is 1.